The molecule has 2 N–H and O–H groups in total. The molecule has 32 heavy (non-hydrogen) atoms. The highest BCUT2D eigenvalue weighted by molar-refractivity contribution is 8.14. The van der Waals surface area contributed by atoms with E-state index >= 15 is 0 Å². The summed E-state index contributed by atoms with van der Waals surface area (Å²) >= 11 is 1.36. The molecule has 0 aromatic heterocycles. The molecule has 8 atom stereocenters. The van der Waals surface area contributed by atoms with Crippen LogP contribution < -0.4 is 0 Å². The van der Waals surface area contributed by atoms with Crippen molar-refractivity contribution in [2.45, 2.75) is 58.2 Å². The van der Waals surface area contributed by atoms with E-state index in [1.54, 1.807) is 12.2 Å². The van der Waals surface area contributed by atoms with Gasteiger partial charge in [-0.3, -0.25) is 14.6 Å². The van der Waals surface area contributed by atoms with Gasteiger partial charge in [0, 0.05) is 16.7 Å². The highest BCUT2D eigenvalue weighted by Crippen LogP contribution is 2.68. The summed E-state index contributed by atoms with van der Waals surface area (Å²) in [5, 5.41) is 24.3. The second-order valence-electron chi connectivity index (χ2n) is 10.8. The van der Waals surface area contributed by atoms with E-state index in [1.165, 1.54) is 18.1 Å². The highest BCUT2D eigenvalue weighted by atomic mass is 32.2. The number of hydrogen-bond donors (Lipinski definition) is 2. The molecule has 7 heteroatoms. The lowest BCUT2D eigenvalue weighted by atomic mass is 9.46. The Hall–Kier alpha value is -1.57. The van der Waals surface area contributed by atoms with Crippen LogP contribution in [-0.4, -0.2) is 57.2 Å². The van der Waals surface area contributed by atoms with Gasteiger partial charge in [0.1, 0.15) is 11.9 Å². The van der Waals surface area contributed by atoms with Crippen molar-refractivity contribution in [1.29, 1.82) is 0 Å². The molecule has 0 aromatic carbocycles. The van der Waals surface area contributed by atoms with Crippen LogP contribution in [-0.2, 0) is 9.59 Å². The van der Waals surface area contributed by atoms with Crippen LogP contribution in [0, 0.1) is 34.5 Å². The fourth-order valence-electron chi connectivity index (χ4n) is 7.86. The Bertz CT molecular complexity index is 986. The Morgan fingerprint density at radius 1 is 1.34 bits per heavy atom. The SMILES string of the molecule is C[C@@H]1CC2C3CCC4=CC(=O)C=CC4(C)C3[C@@H](O)CC2(C)[C@@]1(O)C(=O)CSC1=NC=NC1. The molecule has 1 heterocycles. The van der Waals surface area contributed by atoms with Crippen LogP contribution in [0.4, 0.5) is 0 Å². The molecule has 0 radical (unpaired) electrons. The van der Waals surface area contributed by atoms with E-state index in [9.17, 15) is 19.8 Å². The molecular formula is C25H32N2O4S. The van der Waals surface area contributed by atoms with E-state index in [0.29, 0.717) is 13.0 Å². The zero-order valence-corrected chi connectivity index (χ0v) is 19.8. The van der Waals surface area contributed by atoms with Crippen molar-refractivity contribution >= 4 is 34.7 Å². The maximum Gasteiger partial charge on any atom is 0.178 e. The van der Waals surface area contributed by atoms with Gasteiger partial charge in [-0.2, -0.15) is 0 Å². The van der Waals surface area contributed by atoms with Gasteiger partial charge in [0.2, 0.25) is 0 Å². The Morgan fingerprint density at radius 3 is 2.84 bits per heavy atom. The molecule has 0 aromatic rings. The summed E-state index contributed by atoms with van der Waals surface area (Å²) in [4.78, 5) is 33.7. The molecule has 5 aliphatic rings. The fourth-order valence-corrected chi connectivity index (χ4v) is 8.67. The van der Waals surface area contributed by atoms with Crippen LogP contribution in [0.2, 0.25) is 0 Å². The predicted molar refractivity (Wildman–Crippen MR) is 126 cm³/mol. The zero-order valence-electron chi connectivity index (χ0n) is 19.0. The Labute approximate surface area is 193 Å². The van der Waals surface area contributed by atoms with Crippen molar-refractivity contribution in [1.82, 2.24) is 0 Å². The first-order valence-corrected chi connectivity index (χ1v) is 12.7. The summed E-state index contributed by atoms with van der Waals surface area (Å²) in [6.07, 6.45) is 9.12. The van der Waals surface area contributed by atoms with Gasteiger partial charge < -0.3 is 10.2 Å². The lowest BCUT2D eigenvalue weighted by Crippen LogP contribution is -2.62. The summed E-state index contributed by atoms with van der Waals surface area (Å²) in [5.74, 6) is 0.210. The average molecular weight is 457 g/mol. The second kappa shape index (κ2) is 7.47. The van der Waals surface area contributed by atoms with E-state index in [-0.39, 0.29) is 46.4 Å². The van der Waals surface area contributed by atoms with Crippen molar-refractivity contribution in [2.75, 3.05) is 12.3 Å². The monoisotopic (exact) mass is 456 g/mol. The number of aliphatic imine (C=N–C) groups is 2. The van der Waals surface area contributed by atoms with Gasteiger partial charge in [0.25, 0.3) is 0 Å². The largest absolute Gasteiger partial charge is 0.393 e. The quantitative estimate of drug-likeness (QED) is 0.680. The highest BCUT2D eigenvalue weighted by Gasteiger charge is 2.70. The first kappa shape index (κ1) is 22.2. The number of aliphatic hydroxyl groups is 2. The minimum atomic E-state index is -1.47. The average Bonchev–Trinajstić information content (AvgIpc) is 3.33. The van der Waals surface area contributed by atoms with Crippen molar-refractivity contribution in [3.05, 3.63) is 23.8 Å². The molecule has 3 fully saturated rings. The van der Waals surface area contributed by atoms with Gasteiger partial charge in [-0.25, -0.2) is 4.99 Å². The van der Waals surface area contributed by atoms with E-state index in [0.717, 1.165) is 29.9 Å². The molecule has 5 unspecified atom stereocenters. The third-order valence-electron chi connectivity index (χ3n) is 9.38. The third kappa shape index (κ3) is 2.93. The Kier molecular flexibility index (Phi) is 5.19. The molecule has 1 aliphatic heterocycles. The maximum absolute atomic E-state index is 13.5. The molecule has 0 spiro atoms. The van der Waals surface area contributed by atoms with E-state index in [4.69, 9.17) is 0 Å². The van der Waals surface area contributed by atoms with E-state index < -0.39 is 17.1 Å². The standard InChI is InChI=1S/C25H32N2O4S/c1-14-8-18-17-5-4-15-9-16(28)6-7-23(15,2)22(17)19(29)10-24(18,3)25(14,31)20(30)12-32-21-11-26-13-27-21/h6-7,9,13-14,17-19,22,29,31H,4-5,8,10-12H2,1-3H3/t14-,17?,18?,19+,22?,23?,24?,25+/m1/s1. The van der Waals surface area contributed by atoms with Gasteiger partial charge in [-0.15, -0.1) is 11.8 Å². The maximum atomic E-state index is 13.5. The number of nitrogens with zero attached hydrogens (tertiary/aromatic N) is 2. The lowest BCUT2D eigenvalue weighted by Gasteiger charge is -2.59. The molecule has 172 valence electrons. The van der Waals surface area contributed by atoms with Crippen molar-refractivity contribution in [2.24, 2.45) is 44.5 Å². The Morgan fingerprint density at radius 2 is 2.12 bits per heavy atom. The van der Waals surface area contributed by atoms with Crippen LogP contribution in [0.1, 0.15) is 46.5 Å². The summed E-state index contributed by atoms with van der Waals surface area (Å²) in [7, 11) is 0. The number of carbonyl (C=O) groups is 2. The van der Waals surface area contributed by atoms with Gasteiger partial charge in [0.15, 0.2) is 11.6 Å². The van der Waals surface area contributed by atoms with Gasteiger partial charge in [-0.1, -0.05) is 32.4 Å². The van der Waals surface area contributed by atoms with Crippen LogP contribution in [0.5, 0.6) is 0 Å². The number of rotatable bonds is 3. The normalized spacial score (nSPS) is 46.9. The molecule has 5 rings (SSSR count). The fraction of sp³-hybridized carbons (Fsp3) is 0.680. The van der Waals surface area contributed by atoms with Crippen LogP contribution >= 0.6 is 11.8 Å². The number of fused-ring (bicyclic) bond motifs is 5. The van der Waals surface area contributed by atoms with Crippen LogP contribution in [0.15, 0.2) is 33.8 Å². The number of thioether (sulfide) groups is 1. The van der Waals surface area contributed by atoms with Crippen molar-refractivity contribution < 1.29 is 19.8 Å². The molecule has 0 amide bonds. The first-order chi connectivity index (χ1) is 15.1. The number of Topliss-reactive ketones (excluding diaryl/α,β-unsaturated/α-hetero) is 1. The minimum absolute atomic E-state index is 0.00561. The molecule has 3 saturated carbocycles. The smallest absolute Gasteiger partial charge is 0.178 e. The summed E-state index contributed by atoms with van der Waals surface area (Å²) in [6.45, 7) is 6.64. The number of carbonyl (C=O) groups excluding carboxylic acids is 2. The van der Waals surface area contributed by atoms with Crippen molar-refractivity contribution in [3.63, 3.8) is 0 Å². The third-order valence-corrected chi connectivity index (χ3v) is 10.4. The topological polar surface area (TPSA) is 99.3 Å². The number of allylic oxidation sites excluding steroid dienone is 4. The number of aliphatic hydroxyl groups excluding tert-OH is 1. The van der Waals surface area contributed by atoms with E-state index in [1.807, 2.05) is 19.9 Å². The van der Waals surface area contributed by atoms with Crippen LogP contribution in [0.3, 0.4) is 0 Å². The summed E-state index contributed by atoms with van der Waals surface area (Å²) in [6, 6.07) is 0. The summed E-state index contributed by atoms with van der Waals surface area (Å²) in [5.41, 5.74) is -1.37. The van der Waals surface area contributed by atoms with E-state index in [2.05, 4.69) is 16.9 Å². The zero-order chi connectivity index (χ0) is 22.9. The molecule has 0 saturated heterocycles. The molecule has 6 nitrogen and oxygen atoms in total. The predicted octanol–water partition coefficient (Wildman–Crippen LogP) is 2.98. The molecule has 4 aliphatic carbocycles. The van der Waals surface area contributed by atoms with Gasteiger partial charge in [-0.05, 0) is 55.6 Å². The van der Waals surface area contributed by atoms with Crippen molar-refractivity contribution in [3.8, 4) is 0 Å². The van der Waals surface area contributed by atoms with Gasteiger partial charge in [0.05, 0.1) is 23.4 Å². The van der Waals surface area contributed by atoms with Gasteiger partial charge >= 0.3 is 0 Å². The lowest BCUT2D eigenvalue weighted by molar-refractivity contribution is -0.179. The Balaban J connectivity index is 1.45. The second-order valence-corrected chi connectivity index (χ2v) is 11.9. The number of ketones is 2. The first-order valence-electron chi connectivity index (χ1n) is 11.7. The van der Waals surface area contributed by atoms with Crippen LogP contribution in [0.25, 0.3) is 0 Å². The molecular weight excluding hydrogens is 424 g/mol. The summed E-state index contributed by atoms with van der Waals surface area (Å²) < 4.78 is 0. The minimum Gasteiger partial charge on any atom is -0.393 e. The molecule has 0 bridgehead atoms. The number of hydrogen-bond acceptors (Lipinski definition) is 7.